The zero-order valence-electron chi connectivity index (χ0n) is 20.3. The number of amides is 1. The Morgan fingerprint density at radius 3 is 1.92 bits per heavy atom. The van der Waals surface area contributed by atoms with Crippen LogP contribution in [0.3, 0.4) is 0 Å². The number of carbonyl (C=O) groups excluding carboxylic acids is 3. The predicted octanol–water partition coefficient (Wildman–Crippen LogP) is 4.69. The van der Waals surface area contributed by atoms with Crippen molar-refractivity contribution in [1.29, 1.82) is 0 Å². The Morgan fingerprint density at radius 2 is 1.28 bits per heavy atom. The van der Waals surface area contributed by atoms with Crippen LogP contribution in [0.4, 0.5) is 0 Å². The summed E-state index contributed by atoms with van der Waals surface area (Å²) in [6.45, 7) is 2.25. The first-order valence-corrected chi connectivity index (χ1v) is 12.1. The Hall–Kier alpha value is -4.25. The minimum atomic E-state index is -1.38. The van der Waals surface area contributed by atoms with Gasteiger partial charge >= 0.3 is 0 Å². The summed E-state index contributed by atoms with van der Waals surface area (Å²) in [5, 5.41) is 15.7. The van der Waals surface area contributed by atoms with Gasteiger partial charge in [0.1, 0.15) is 0 Å². The molecule has 0 bridgehead atoms. The molecule has 5 nitrogen and oxygen atoms in total. The maximum atomic E-state index is 13.2. The molecule has 0 aliphatic heterocycles. The summed E-state index contributed by atoms with van der Waals surface area (Å²) in [6, 6.07) is 26.0. The van der Waals surface area contributed by atoms with Gasteiger partial charge in [-0.2, -0.15) is 0 Å². The number of aromatic carboxylic acids is 1. The first-order valence-electron chi connectivity index (χ1n) is 12.1. The third-order valence-corrected chi connectivity index (χ3v) is 6.39. The fraction of sp³-hybridized carbons (Fsp3) is 0.194. The minimum Gasteiger partial charge on any atom is -0.545 e. The van der Waals surface area contributed by atoms with Crippen LogP contribution in [-0.4, -0.2) is 24.2 Å². The fourth-order valence-electron chi connectivity index (χ4n) is 4.55. The van der Waals surface area contributed by atoms with Gasteiger partial charge in [0.05, 0.1) is 5.97 Å². The van der Waals surface area contributed by atoms with Gasteiger partial charge in [0.2, 0.25) is 0 Å². The van der Waals surface area contributed by atoms with Gasteiger partial charge in [0.25, 0.3) is 5.91 Å². The molecule has 4 rings (SSSR count). The van der Waals surface area contributed by atoms with Gasteiger partial charge in [-0.1, -0.05) is 78.9 Å². The number of carbonyl (C=O) groups is 3. The fourth-order valence-corrected chi connectivity index (χ4v) is 4.55. The number of hydrogen-bond donors (Lipinski definition) is 1. The molecule has 0 aromatic heterocycles. The summed E-state index contributed by atoms with van der Waals surface area (Å²) in [6.07, 6.45) is 2.33. The van der Waals surface area contributed by atoms with Crippen LogP contribution < -0.4 is 10.4 Å². The van der Waals surface area contributed by atoms with Gasteiger partial charge in [-0.25, -0.2) is 0 Å². The van der Waals surface area contributed by atoms with Crippen LogP contribution in [0.15, 0.2) is 84.9 Å². The molecule has 0 aliphatic rings. The third-order valence-electron chi connectivity index (χ3n) is 6.39. The van der Waals surface area contributed by atoms with E-state index >= 15 is 0 Å². The van der Waals surface area contributed by atoms with Crippen molar-refractivity contribution < 1.29 is 19.5 Å². The van der Waals surface area contributed by atoms with Crippen molar-refractivity contribution in [3.8, 4) is 0 Å². The molecule has 0 heterocycles. The van der Waals surface area contributed by atoms with Crippen LogP contribution in [-0.2, 0) is 12.8 Å². The van der Waals surface area contributed by atoms with Crippen molar-refractivity contribution >= 4 is 28.4 Å². The lowest BCUT2D eigenvalue weighted by Crippen LogP contribution is -2.27. The number of aryl methyl sites for hydroxylation is 2. The zero-order valence-corrected chi connectivity index (χ0v) is 20.3. The Kier molecular flexibility index (Phi) is 7.91. The highest BCUT2D eigenvalue weighted by molar-refractivity contribution is 6.20. The Labute approximate surface area is 210 Å². The second-order valence-corrected chi connectivity index (χ2v) is 8.88. The van der Waals surface area contributed by atoms with Gasteiger partial charge in [-0.05, 0) is 54.3 Å². The Balaban J connectivity index is 1.61. The van der Waals surface area contributed by atoms with Crippen LogP contribution >= 0.6 is 0 Å². The Bertz CT molecular complexity index is 1390. The van der Waals surface area contributed by atoms with Crippen molar-refractivity contribution in [2.24, 2.45) is 0 Å². The van der Waals surface area contributed by atoms with Crippen LogP contribution in [0.2, 0.25) is 0 Å². The molecule has 0 saturated carbocycles. The monoisotopic (exact) mass is 478 g/mol. The molecule has 0 spiro atoms. The number of carboxylic acids is 1. The van der Waals surface area contributed by atoms with Crippen molar-refractivity contribution in [2.45, 2.75) is 32.6 Å². The second-order valence-electron chi connectivity index (χ2n) is 8.88. The standard InChI is InChI=1S/C31H29NO4/c1-21-15-16-24(27(33)14-8-13-22-9-4-2-5-10-22)29-26(31(35)36)18-17-25(28(21)29)30(34)32-20-19-23-11-6-3-7-12-23/h2-7,9-12,15-18H,8,13-14,19-20H2,1H3,(H,32,34)(H,35,36)/p-1. The number of fused-ring (bicyclic) bond motifs is 1. The Morgan fingerprint density at radius 1 is 0.694 bits per heavy atom. The number of ketones is 1. The van der Waals surface area contributed by atoms with E-state index in [0.29, 0.717) is 35.9 Å². The number of carboxylic acid groups (broad SMARTS) is 1. The smallest absolute Gasteiger partial charge is 0.251 e. The van der Waals surface area contributed by atoms with E-state index in [-0.39, 0.29) is 29.1 Å². The minimum absolute atomic E-state index is 0.0825. The molecule has 0 atom stereocenters. The summed E-state index contributed by atoms with van der Waals surface area (Å²) in [7, 11) is 0. The lowest BCUT2D eigenvalue weighted by molar-refractivity contribution is -0.254. The molecule has 36 heavy (non-hydrogen) atoms. The average molecular weight is 479 g/mol. The van der Waals surface area contributed by atoms with E-state index in [4.69, 9.17) is 0 Å². The molecule has 0 saturated heterocycles. The third kappa shape index (κ3) is 5.69. The highest BCUT2D eigenvalue weighted by Crippen LogP contribution is 2.30. The molecule has 0 fully saturated rings. The number of nitrogens with one attached hydrogen (secondary N) is 1. The van der Waals surface area contributed by atoms with E-state index in [1.165, 1.54) is 12.1 Å². The lowest BCUT2D eigenvalue weighted by Gasteiger charge is -2.17. The van der Waals surface area contributed by atoms with Gasteiger partial charge in [-0.3, -0.25) is 9.59 Å². The van der Waals surface area contributed by atoms with Crippen molar-refractivity contribution in [2.75, 3.05) is 6.54 Å². The zero-order chi connectivity index (χ0) is 25.5. The highest BCUT2D eigenvalue weighted by atomic mass is 16.4. The molecule has 4 aromatic rings. The molecule has 1 N–H and O–H groups in total. The van der Waals surface area contributed by atoms with Crippen molar-refractivity contribution in [3.63, 3.8) is 0 Å². The maximum Gasteiger partial charge on any atom is 0.251 e. The molecule has 0 unspecified atom stereocenters. The van der Waals surface area contributed by atoms with Gasteiger partial charge < -0.3 is 15.2 Å². The van der Waals surface area contributed by atoms with Crippen molar-refractivity contribution in [3.05, 3.63) is 118 Å². The molecule has 0 aliphatic carbocycles. The van der Waals surface area contributed by atoms with Gasteiger partial charge in [0, 0.05) is 35.0 Å². The number of hydrogen-bond acceptors (Lipinski definition) is 4. The second kappa shape index (κ2) is 11.5. The first kappa shape index (κ1) is 24.9. The average Bonchev–Trinajstić information content (AvgIpc) is 2.89. The SMILES string of the molecule is Cc1ccc(C(=O)CCCc2ccccc2)c2c(C(=O)[O-])ccc(C(=O)NCCc3ccccc3)c12. The van der Waals surface area contributed by atoms with E-state index in [9.17, 15) is 19.5 Å². The predicted molar refractivity (Wildman–Crippen MR) is 139 cm³/mol. The van der Waals surface area contributed by atoms with Crippen LogP contribution in [0.1, 0.15) is 60.6 Å². The summed E-state index contributed by atoms with van der Waals surface area (Å²) in [5.41, 5.74) is 3.54. The quantitative estimate of drug-likeness (QED) is 0.335. The molecule has 182 valence electrons. The van der Waals surface area contributed by atoms with E-state index in [1.54, 1.807) is 12.1 Å². The topological polar surface area (TPSA) is 86.3 Å². The van der Waals surface area contributed by atoms with Crippen LogP contribution in [0, 0.1) is 6.92 Å². The highest BCUT2D eigenvalue weighted by Gasteiger charge is 2.20. The summed E-state index contributed by atoms with van der Waals surface area (Å²) < 4.78 is 0. The first-order chi connectivity index (χ1) is 17.5. The summed E-state index contributed by atoms with van der Waals surface area (Å²) in [4.78, 5) is 38.4. The molecular weight excluding hydrogens is 450 g/mol. The van der Waals surface area contributed by atoms with Gasteiger partial charge in [0.15, 0.2) is 5.78 Å². The molecule has 1 amide bonds. The van der Waals surface area contributed by atoms with E-state index in [2.05, 4.69) is 5.32 Å². The lowest BCUT2D eigenvalue weighted by atomic mass is 9.89. The van der Waals surface area contributed by atoms with Gasteiger partial charge in [-0.15, -0.1) is 0 Å². The van der Waals surface area contributed by atoms with Crippen LogP contribution in [0.5, 0.6) is 0 Å². The van der Waals surface area contributed by atoms with E-state index < -0.39 is 5.97 Å². The summed E-state index contributed by atoms with van der Waals surface area (Å²) >= 11 is 0. The molecule has 0 radical (unpaired) electrons. The van der Waals surface area contributed by atoms with E-state index in [0.717, 1.165) is 23.1 Å². The van der Waals surface area contributed by atoms with Crippen LogP contribution in [0.25, 0.3) is 10.8 Å². The number of benzene rings is 4. The molecular formula is C31H28NO4-. The number of rotatable bonds is 10. The number of Topliss-reactive ketones (excluding diaryl/α,β-unsaturated/α-hetero) is 1. The largest absolute Gasteiger partial charge is 0.545 e. The maximum absolute atomic E-state index is 13.2. The van der Waals surface area contributed by atoms with Crippen molar-refractivity contribution in [1.82, 2.24) is 5.32 Å². The molecule has 5 heteroatoms. The molecule has 4 aromatic carbocycles. The van der Waals surface area contributed by atoms with E-state index in [1.807, 2.05) is 67.6 Å². The summed E-state index contributed by atoms with van der Waals surface area (Å²) in [5.74, 6) is -1.84. The normalized spacial score (nSPS) is 10.8.